The van der Waals surface area contributed by atoms with Crippen LogP contribution in [0.4, 0.5) is 5.69 Å². The van der Waals surface area contributed by atoms with E-state index in [4.69, 9.17) is 0 Å². The number of allylic oxidation sites excluding steroid dienone is 4. The number of anilines is 1. The van der Waals surface area contributed by atoms with Crippen molar-refractivity contribution in [2.45, 2.75) is 70.0 Å². The topological polar surface area (TPSA) is 12.0 Å². The number of para-hydroxylation sites is 1. The highest BCUT2D eigenvalue weighted by Crippen LogP contribution is 2.48. The molecule has 1 nitrogen and oxygen atoms in total. The van der Waals surface area contributed by atoms with Crippen molar-refractivity contribution in [2.75, 3.05) is 4.98 Å². The van der Waals surface area contributed by atoms with Crippen LogP contribution in [0.15, 0.2) is 54.6 Å². The van der Waals surface area contributed by atoms with E-state index in [0.717, 1.165) is 0 Å². The van der Waals surface area contributed by atoms with Crippen molar-refractivity contribution in [3.63, 3.8) is 0 Å². The van der Waals surface area contributed by atoms with Crippen molar-refractivity contribution < 1.29 is 0 Å². The van der Waals surface area contributed by atoms with Gasteiger partial charge >= 0.3 is 0 Å². The Hall–Kier alpha value is -1.28. The molecule has 1 aromatic rings. The van der Waals surface area contributed by atoms with Crippen molar-refractivity contribution in [3.05, 3.63) is 54.6 Å². The van der Waals surface area contributed by atoms with Crippen LogP contribution in [-0.4, -0.2) is 8.24 Å². The van der Waals surface area contributed by atoms with E-state index in [1.165, 1.54) is 50.6 Å². The van der Waals surface area contributed by atoms with Gasteiger partial charge in [-0.05, 0) is 18.6 Å². The van der Waals surface area contributed by atoms with Crippen molar-refractivity contribution in [1.82, 2.24) is 0 Å². The highest BCUT2D eigenvalue weighted by Gasteiger charge is 2.44. The number of unbranched alkanes of at least 4 members (excludes halogenated alkanes) is 5. The summed E-state index contributed by atoms with van der Waals surface area (Å²) in [5.41, 5.74) is 1.26. The van der Waals surface area contributed by atoms with Gasteiger partial charge in [-0.2, -0.15) is 0 Å². The molecule has 2 rings (SSSR count). The maximum Gasteiger partial charge on any atom is 0.161 e. The first-order valence-corrected chi connectivity index (χ1v) is 12.3. The van der Waals surface area contributed by atoms with Crippen molar-refractivity contribution >= 4 is 13.9 Å². The smallest absolute Gasteiger partial charge is 0.161 e. The summed E-state index contributed by atoms with van der Waals surface area (Å²) in [4.78, 5) is 3.90. The molecule has 0 heterocycles. The Morgan fingerprint density at radius 3 is 2.13 bits per heavy atom. The van der Waals surface area contributed by atoms with Crippen LogP contribution < -0.4 is 4.98 Å². The first kappa shape index (κ1) is 18.1. The van der Waals surface area contributed by atoms with E-state index in [9.17, 15) is 0 Å². The van der Waals surface area contributed by atoms with Crippen LogP contribution in [0, 0.1) is 0 Å². The summed E-state index contributed by atoms with van der Waals surface area (Å²) in [6.07, 6.45) is 18.9. The second-order valence-corrected chi connectivity index (χ2v) is 11.8. The monoisotopic (exact) mass is 327 g/mol. The number of hydrogen-bond acceptors (Lipinski definition) is 1. The largest absolute Gasteiger partial charge is 0.410 e. The number of benzene rings is 1. The molecule has 0 aliphatic heterocycles. The molecule has 126 valence electrons. The Bertz CT molecular complexity index is 504. The lowest BCUT2D eigenvalue weighted by molar-refractivity contribution is 0.565. The number of rotatable bonds is 10. The number of nitrogens with one attached hydrogen (secondary N) is 1. The normalized spacial score (nSPS) is 16.0. The van der Waals surface area contributed by atoms with Gasteiger partial charge < -0.3 is 4.98 Å². The van der Waals surface area contributed by atoms with Gasteiger partial charge in [-0.1, -0.05) is 101 Å². The molecule has 0 radical (unpaired) electrons. The highest BCUT2D eigenvalue weighted by atomic mass is 28.3. The standard InChI is InChI=1S/C21H33NSi/c1-4-5-6-7-8-12-17-21(18-13-14-19-21)23(2,3)22-20-15-10-9-11-16-20/h9-11,13-16,18-19,22H,4-8,12,17H2,1-3H3. The third kappa shape index (κ3) is 4.84. The molecule has 1 aromatic carbocycles. The molecule has 0 atom stereocenters. The second kappa shape index (κ2) is 8.54. The van der Waals surface area contributed by atoms with E-state index in [-0.39, 0.29) is 5.04 Å². The summed E-state index contributed by atoms with van der Waals surface area (Å²) in [6, 6.07) is 10.7. The van der Waals surface area contributed by atoms with Crippen molar-refractivity contribution in [1.29, 1.82) is 0 Å². The Morgan fingerprint density at radius 2 is 1.48 bits per heavy atom. The molecular formula is C21H33NSi. The Labute approximate surface area is 144 Å². The van der Waals surface area contributed by atoms with Gasteiger partial charge in [0.2, 0.25) is 0 Å². The quantitative estimate of drug-likeness (QED) is 0.363. The maximum atomic E-state index is 3.90. The highest BCUT2D eigenvalue weighted by molar-refractivity contribution is 6.84. The molecule has 0 bridgehead atoms. The van der Waals surface area contributed by atoms with Gasteiger partial charge in [0.15, 0.2) is 8.24 Å². The molecule has 0 spiro atoms. The molecule has 0 saturated heterocycles. The van der Waals surface area contributed by atoms with Gasteiger partial charge in [-0.3, -0.25) is 0 Å². The average molecular weight is 328 g/mol. The van der Waals surface area contributed by atoms with Crippen molar-refractivity contribution in [3.8, 4) is 0 Å². The molecule has 1 N–H and O–H groups in total. The SMILES string of the molecule is CCCCCCCCC1([Si](C)(C)Nc2ccccc2)C=CC=C1. The first-order valence-electron chi connectivity index (χ1n) is 9.30. The van der Waals surface area contributed by atoms with Crippen LogP contribution in [-0.2, 0) is 0 Å². The van der Waals surface area contributed by atoms with Crippen LogP contribution in [0.3, 0.4) is 0 Å². The zero-order valence-corrected chi connectivity index (χ0v) is 16.1. The molecule has 0 fully saturated rings. The van der Waals surface area contributed by atoms with E-state index in [1.54, 1.807) is 0 Å². The second-order valence-electron chi connectivity index (χ2n) is 7.39. The van der Waals surface area contributed by atoms with Crippen LogP contribution in [0.5, 0.6) is 0 Å². The zero-order chi connectivity index (χ0) is 16.6. The van der Waals surface area contributed by atoms with E-state index < -0.39 is 8.24 Å². The lowest BCUT2D eigenvalue weighted by Gasteiger charge is -2.41. The van der Waals surface area contributed by atoms with Gasteiger partial charge in [0, 0.05) is 10.7 Å². The maximum absolute atomic E-state index is 3.90. The van der Waals surface area contributed by atoms with Gasteiger partial charge in [0.05, 0.1) is 0 Å². The molecule has 0 saturated carbocycles. The predicted octanol–water partition coefficient (Wildman–Crippen LogP) is 6.92. The van der Waals surface area contributed by atoms with E-state index in [1.807, 2.05) is 0 Å². The summed E-state index contributed by atoms with van der Waals surface area (Å²) in [7, 11) is -1.66. The molecule has 23 heavy (non-hydrogen) atoms. The lowest BCUT2D eigenvalue weighted by atomic mass is 10.0. The van der Waals surface area contributed by atoms with Crippen LogP contribution >= 0.6 is 0 Å². The fourth-order valence-electron chi connectivity index (χ4n) is 3.60. The molecule has 1 aliphatic rings. The summed E-state index contributed by atoms with van der Waals surface area (Å²) in [5.74, 6) is 0. The molecule has 0 amide bonds. The van der Waals surface area contributed by atoms with Gasteiger partial charge in [0.25, 0.3) is 0 Å². The van der Waals surface area contributed by atoms with E-state index >= 15 is 0 Å². The fourth-order valence-corrected chi connectivity index (χ4v) is 6.55. The number of hydrogen-bond donors (Lipinski definition) is 1. The Kier molecular flexibility index (Phi) is 6.70. The van der Waals surface area contributed by atoms with Gasteiger partial charge in [-0.25, -0.2) is 0 Å². The minimum atomic E-state index is -1.66. The van der Waals surface area contributed by atoms with Gasteiger partial charge in [-0.15, -0.1) is 0 Å². The summed E-state index contributed by atoms with van der Waals surface area (Å²) < 4.78 is 0. The summed E-state index contributed by atoms with van der Waals surface area (Å²) in [5, 5.41) is 0.258. The minimum absolute atomic E-state index is 0.258. The Morgan fingerprint density at radius 1 is 0.870 bits per heavy atom. The fraction of sp³-hybridized carbons (Fsp3) is 0.524. The van der Waals surface area contributed by atoms with Crippen molar-refractivity contribution in [2.24, 2.45) is 0 Å². The lowest BCUT2D eigenvalue weighted by Crippen LogP contribution is -2.48. The van der Waals surface area contributed by atoms with Crippen LogP contribution in [0.2, 0.25) is 18.1 Å². The zero-order valence-electron chi connectivity index (χ0n) is 15.1. The third-order valence-electron chi connectivity index (χ3n) is 5.24. The molecule has 0 unspecified atom stereocenters. The predicted molar refractivity (Wildman–Crippen MR) is 107 cm³/mol. The molecular weight excluding hydrogens is 294 g/mol. The summed E-state index contributed by atoms with van der Waals surface area (Å²) in [6.45, 7) is 7.22. The molecule has 0 aromatic heterocycles. The van der Waals surface area contributed by atoms with Crippen LogP contribution in [0.25, 0.3) is 0 Å². The summed E-state index contributed by atoms with van der Waals surface area (Å²) >= 11 is 0. The molecule has 1 aliphatic carbocycles. The average Bonchev–Trinajstić information content (AvgIpc) is 3.02. The Balaban J connectivity index is 1.96. The minimum Gasteiger partial charge on any atom is -0.410 e. The van der Waals surface area contributed by atoms with Gasteiger partial charge in [0.1, 0.15) is 0 Å². The first-order chi connectivity index (χ1) is 11.1. The molecule has 2 heteroatoms. The van der Waals surface area contributed by atoms with E-state index in [2.05, 4.69) is 79.6 Å². The van der Waals surface area contributed by atoms with Crippen LogP contribution in [0.1, 0.15) is 51.9 Å². The van der Waals surface area contributed by atoms with E-state index in [0.29, 0.717) is 0 Å². The third-order valence-corrected chi connectivity index (χ3v) is 9.06.